The molecule has 3 heteroatoms. The second-order valence-corrected chi connectivity index (χ2v) is 6.57. The zero-order valence-electron chi connectivity index (χ0n) is 12.3. The Bertz CT molecular complexity index is 228. The molecule has 1 aliphatic heterocycles. The number of nitrogens with zero attached hydrogens (tertiary/aromatic N) is 2. The third-order valence-corrected chi connectivity index (χ3v) is 5.01. The molecule has 0 amide bonds. The SMILES string of the molecule is CC1CCC(N(C)CCN2CCC(N)CC2)CC1. The van der Waals surface area contributed by atoms with Crippen LogP contribution in [0.4, 0.5) is 0 Å². The first-order chi connectivity index (χ1) is 8.65. The van der Waals surface area contributed by atoms with Crippen molar-refractivity contribution in [1.29, 1.82) is 0 Å². The van der Waals surface area contributed by atoms with Crippen molar-refractivity contribution in [3.63, 3.8) is 0 Å². The molecular formula is C15H31N3. The number of rotatable bonds is 4. The van der Waals surface area contributed by atoms with Crippen molar-refractivity contribution in [2.45, 2.75) is 57.5 Å². The van der Waals surface area contributed by atoms with Gasteiger partial charge in [0.1, 0.15) is 0 Å². The molecule has 2 fully saturated rings. The number of hydrogen-bond donors (Lipinski definition) is 1. The highest BCUT2D eigenvalue weighted by molar-refractivity contribution is 4.79. The topological polar surface area (TPSA) is 32.5 Å². The van der Waals surface area contributed by atoms with E-state index in [4.69, 9.17) is 5.73 Å². The molecule has 0 aromatic heterocycles. The van der Waals surface area contributed by atoms with Gasteiger partial charge in [-0.1, -0.05) is 6.92 Å². The lowest BCUT2D eigenvalue weighted by molar-refractivity contribution is 0.135. The van der Waals surface area contributed by atoms with Crippen LogP contribution in [0.5, 0.6) is 0 Å². The van der Waals surface area contributed by atoms with Crippen molar-refractivity contribution >= 4 is 0 Å². The van der Waals surface area contributed by atoms with Gasteiger partial charge in [0.25, 0.3) is 0 Å². The van der Waals surface area contributed by atoms with Crippen molar-refractivity contribution in [1.82, 2.24) is 9.80 Å². The van der Waals surface area contributed by atoms with E-state index in [-0.39, 0.29) is 0 Å². The third-order valence-electron chi connectivity index (χ3n) is 5.01. The van der Waals surface area contributed by atoms with Gasteiger partial charge in [-0.3, -0.25) is 0 Å². The molecule has 0 unspecified atom stereocenters. The lowest BCUT2D eigenvalue weighted by atomic mass is 9.87. The summed E-state index contributed by atoms with van der Waals surface area (Å²) in [5, 5.41) is 0. The molecule has 0 radical (unpaired) electrons. The van der Waals surface area contributed by atoms with Crippen molar-refractivity contribution in [2.24, 2.45) is 11.7 Å². The van der Waals surface area contributed by atoms with E-state index in [0.29, 0.717) is 6.04 Å². The predicted molar refractivity (Wildman–Crippen MR) is 77.7 cm³/mol. The Balaban J connectivity index is 1.63. The minimum Gasteiger partial charge on any atom is -0.328 e. The molecule has 0 atom stereocenters. The Kier molecular flexibility index (Phi) is 5.46. The van der Waals surface area contributed by atoms with Crippen LogP contribution in [0.1, 0.15) is 45.4 Å². The van der Waals surface area contributed by atoms with Crippen molar-refractivity contribution < 1.29 is 0 Å². The number of nitrogens with two attached hydrogens (primary N) is 1. The van der Waals surface area contributed by atoms with Crippen LogP contribution in [0.3, 0.4) is 0 Å². The van der Waals surface area contributed by atoms with Gasteiger partial charge < -0.3 is 15.5 Å². The fourth-order valence-corrected chi connectivity index (χ4v) is 3.34. The number of likely N-dealkylation sites (tertiary alicyclic amines) is 1. The molecule has 0 aromatic carbocycles. The molecular weight excluding hydrogens is 222 g/mol. The van der Waals surface area contributed by atoms with Crippen LogP contribution in [0.25, 0.3) is 0 Å². The van der Waals surface area contributed by atoms with Gasteiger partial charge in [-0.2, -0.15) is 0 Å². The maximum atomic E-state index is 5.95. The zero-order chi connectivity index (χ0) is 13.0. The number of likely N-dealkylation sites (N-methyl/N-ethyl adjacent to an activating group) is 1. The first-order valence-corrected chi connectivity index (χ1v) is 7.83. The van der Waals surface area contributed by atoms with Gasteiger partial charge in [0, 0.05) is 25.2 Å². The summed E-state index contributed by atoms with van der Waals surface area (Å²) >= 11 is 0. The monoisotopic (exact) mass is 253 g/mol. The van der Waals surface area contributed by atoms with E-state index in [2.05, 4.69) is 23.8 Å². The summed E-state index contributed by atoms with van der Waals surface area (Å²) in [5.74, 6) is 0.957. The summed E-state index contributed by atoms with van der Waals surface area (Å²) < 4.78 is 0. The smallest absolute Gasteiger partial charge is 0.0109 e. The number of hydrogen-bond acceptors (Lipinski definition) is 3. The highest BCUT2D eigenvalue weighted by Crippen LogP contribution is 2.26. The van der Waals surface area contributed by atoms with Gasteiger partial charge in [-0.25, -0.2) is 0 Å². The number of piperidine rings is 1. The van der Waals surface area contributed by atoms with E-state index in [1.807, 2.05) is 0 Å². The van der Waals surface area contributed by atoms with Crippen molar-refractivity contribution in [3.05, 3.63) is 0 Å². The van der Waals surface area contributed by atoms with Gasteiger partial charge in [-0.15, -0.1) is 0 Å². The Hall–Kier alpha value is -0.120. The van der Waals surface area contributed by atoms with E-state index >= 15 is 0 Å². The lowest BCUT2D eigenvalue weighted by Gasteiger charge is -2.36. The minimum atomic E-state index is 0.457. The predicted octanol–water partition coefficient (Wildman–Crippen LogP) is 1.92. The first-order valence-electron chi connectivity index (χ1n) is 7.83. The largest absolute Gasteiger partial charge is 0.328 e. The summed E-state index contributed by atoms with van der Waals surface area (Å²) in [4.78, 5) is 5.19. The second-order valence-electron chi connectivity index (χ2n) is 6.57. The molecule has 106 valence electrons. The fourth-order valence-electron chi connectivity index (χ4n) is 3.34. The van der Waals surface area contributed by atoms with Gasteiger partial charge in [-0.05, 0) is 64.6 Å². The van der Waals surface area contributed by atoms with Gasteiger partial charge in [0.05, 0.1) is 0 Å². The van der Waals surface area contributed by atoms with Crippen LogP contribution in [0.15, 0.2) is 0 Å². The average Bonchev–Trinajstić information content (AvgIpc) is 2.38. The zero-order valence-corrected chi connectivity index (χ0v) is 12.3. The van der Waals surface area contributed by atoms with Gasteiger partial charge in [0.2, 0.25) is 0 Å². The van der Waals surface area contributed by atoms with E-state index in [0.717, 1.165) is 12.0 Å². The van der Waals surface area contributed by atoms with Crippen LogP contribution in [-0.4, -0.2) is 55.1 Å². The quantitative estimate of drug-likeness (QED) is 0.831. The third kappa shape index (κ3) is 4.22. The minimum absolute atomic E-state index is 0.457. The van der Waals surface area contributed by atoms with Crippen LogP contribution < -0.4 is 5.73 Å². The maximum Gasteiger partial charge on any atom is 0.0109 e. The van der Waals surface area contributed by atoms with E-state index < -0.39 is 0 Å². The van der Waals surface area contributed by atoms with E-state index in [9.17, 15) is 0 Å². The highest BCUT2D eigenvalue weighted by atomic mass is 15.2. The molecule has 0 aromatic rings. The summed E-state index contributed by atoms with van der Waals surface area (Å²) in [7, 11) is 2.32. The van der Waals surface area contributed by atoms with Crippen molar-refractivity contribution in [3.8, 4) is 0 Å². The molecule has 2 aliphatic rings. The standard InChI is InChI=1S/C15H31N3/c1-13-3-5-15(6-4-13)17(2)11-12-18-9-7-14(16)8-10-18/h13-15H,3-12,16H2,1-2H3. The Labute approximate surface area is 113 Å². The molecule has 1 saturated heterocycles. The summed E-state index contributed by atoms with van der Waals surface area (Å²) in [6.07, 6.45) is 8.03. The Morgan fingerprint density at radius 2 is 1.67 bits per heavy atom. The van der Waals surface area contributed by atoms with Gasteiger partial charge in [0.15, 0.2) is 0 Å². The Morgan fingerprint density at radius 3 is 2.28 bits per heavy atom. The lowest BCUT2D eigenvalue weighted by Crippen LogP contribution is -2.44. The highest BCUT2D eigenvalue weighted by Gasteiger charge is 2.22. The summed E-state index contributed by atoms with van der Waals surface area (Å²) in [5.41, 5.74) is 5.95. The van der Waals surface area contributed by atoms with Crippen LogP contribution >= 0.6 is 0 Å². The molecule has 2 rings (SSSR count). The summed E-state index contributed by atoms with van der Waals surface area (Å²) in [6.45, 7) is 7.27. The average molecular weight is 253 g/mol. The fraction of sp³-hybridized carbons (Fsp3) is 1.00. The molecule has 1 saturated carbocycles. The first kappa shape index (κ1) is 14.3. The van der Waals surface area contributed by atoms with Crippen molar-refractivity contribution in [2.75, 3.05) is 33.2 Å². The van der Waals surface area contributed by atoms with Crippen LogP contribution in [0.2, 0.25) is 0 Å². The van der Waals surface area contributed by atoms with E-state index in [1.54, 1.807) is 0 Å². The molecule has 2 N–H and O–H groups in total. The van der Waals surface area contributed by atoms with E-state index in [1.165, 1.54) is 64.7 Å². The molecule has 1 heterocycles. The van der Waals surface area contributed by atoms with Gasteiger partial charge >= 0.3 is 0 Å². The van der Waals surface area contributed by atoms with Crippen LogP contribution in [0, 0.1) is 5.92 Å². The molecule has 0 spiro atoms. The normalized spacial score (nSPS) is 32.0. The summed E-state index contributed by atoms with van der Waals surface area (Å²) in [6, 6.07) is 1.30. The molecule has 0 bridgehead atoms. The Morgan fingerprint density at radius 1 is 1.06 bits per heavy atom. The molecule has 18 heavy (non-hydrogen) atoms. The van der Waals surface area contributed by atoms with Crippen LogP contribution in [-0.2, 0) is 0 Å². The molecule has 3 nitrogen and oxygen atoms in total. The maximum absolute atomic E-state index is 5.95. The second kappa shape index (κ2) is 6.88. The molecule has 1 aliphatic carbocycles.